The monoisotopic (exact) mass is 787 g/mol. The fraction of sp³-hybridized carbons (Fsp3) is 0.0164. The fourth-order valence-corrected chi connectivity index (χ4v) is 10.5. The van der Waals surface area contributed by atoms with Crippen LogP contribution in [0.4, 0.5) is 17.1 Å². The first-order valence-corrected chi connectivity index (χ1v) is 21.5. The van der Waals surface area contributed by atoms with Crippen LogP contribution in [-0.2, 0) is 5.41 Å². The number of hydrogen-bond acceptors (Lipinski definition) is 1. The van der Waals surface area contributed by atoms with E-state index in [1.165, 1.54) is 89.0 Å². The van der Waals surface area contributed by atoms with Crippen molar-refractivity contribution < 1.29 is 0 Å². The standard InChI is InChI=1S/C61H41N/c1-4-19-42(20-5-1)43-35-37-46(38-36-43)62(45-23-8-3-9-24-45)47-39-40-50(55(41-47)44-21-6-2-7-22-44)48-25-10-11-26-49(48)53-30-18-34-59-60(53)54-29-14-17-33-58(54)61(59)56-31-15-12-27-51(56)52-28-13-16-32-57(52)61/h1-41H. The molecule has 12 rings (SSSR count). The average Bonchev–Trinajstić information content (AvgIpc) is 3.83. The van der Waals surface area contributed by atoms with Gasteiger partial charge in [-0.1, -0.05) is 212 Å². The van der Waals surface area contributed by atoms with Gasteiger partial charge in [0.15, 0.2) is 0 Å². The molecule has 1 heteroatoms. The molecule has 1 spiro atoms. The lowest BCUT2D eigenvalue weighted by atomic mass is 9.70. The van der Waals surface area contributed by atoms with Gasteiger partial charge in [-0.05, 0) is 125 Å². The van der Waals surface area contributed by atoms with Crippen molar-refractivity contribution >= 4 is 17.1 Å². The van der Waals surface area contributed by atoms with Crippen molar-refractivity contribution in [2.75, 3.05) is 4.90 Å². The molecule has 0 amide bonds. The summed E-state index contributed by atoms with van der Waals surface area (Å²) in [6.07, 6.45) is 0. The molecular weight excluding hydrogens is 747 g/mol. The van der Waals surface area contributed by atoms with Crippen LogP contribution >= 0.6 is 0 Å². The normalized spacial score (nSPS) is 12.6. The molecule has 0 aromatic heterocycles. The molecule has 2 aliphatic rings. The zero-order valence-corrected chi connectivity index (χ0v) is 34.1. The number of nitrogens with zero attached hydrogens (tertiary/aromatic N) is 1. The minimum absolute atomic E-state index is 0.402. The topological polar surface area (TPSA) is 3.24 Å². The van der Waals surface area contributed by atoms with Crippen LogP contribution in [0.2, 0.25) is 0 Å². The van der Waals surface area contributed by atoms with Crippen LogP contribution in [0.5, 0.6) is 0 Å². The molecule has 0 radical (unpaired) electrons. The molecule has 1 nitrogen and oxygen atoms in total. The van der Waals surface area contributed by atoms with Crippen molar-refractivity contribution in [1.82, 2.24) is 0 Å². The second kappa shape index (κ2) is 14.6. The van der Waals surface area contributed by atoms with Crippen molar-refractivity contribution in [3.63, 3.8) is 0 Å². The summed E-state index contributed by atoms with van der Waals surface area (Å²) < 4.78 is 0. The third-order valence-corrected chi connectivity index (χ3v) is 13.1. The number of hydrogen-bond donors (Lipinski definition) is 0. The molecule has 0 fully saturated rings. The number of benzene rings is 10. The van der Waals surface area contributed by atoms with E-state index in [1.807, 2.05) is 0 Å². The van der Waals surface area contributed by atoms with Gasteiger partial charge in [-0.25, -0.2) is 0 Å². The molecule has 0 bridgehead atoms. The summed E-state index contributed by atoms with van der Waals surface area (Å²) in [5.74, 6) is 0. The Morgan fingerprint density at radius 2 is 0.629 bits per heavy atom. The van der Waals surface area contributed by atoms with Gasteiger partial charge in [-0.3, -0.25) is 0 Å². The Morgan fingerprint density at radius 1 is 0.226 bits per heavy atom. The maximum atomic E-state index is 2.38. The first-order valence-electron chi connectivity index (χ1n) is 21.5. The third kappa shape index (κ3) is 5.49. The summed E-state index contributed by atoms with van der Waals surface area (Å²) in [5.41, 5.74) is 23.2. The van der Waals surface area contributed by atoms with E-state index >= 15 is 0 Å². The van der Waals surface area contributed by atoms with Crippen LogP contribution in [0, 0.1) is 0 Å². The first kappa shape index (κ1) is 35.9. The summed E-state index contributed by atoms with van der Waals surface area (Å²) in [7, 11) is 0. The molecule has 10 aromatic rings. The highest BCUT2D eigenvalue weighted by Gasteiger charge is 2.52. The highest BCUT2D eigenvalue weighted by atomic mass is 15.1. The highest BCUT2D eigenvalue weighted by molar-refractivity contribution is 6.03. The number of anilines is 3. The van der Waals surface area contributed by atoms with Crippen LogP contribution in [-0.4, -0.2) is 0 Å². The molecule has 2 aliphatic carbocycles. The molecule has 10 aromatic carbocycles. The van der Waals surface area contributed by atoms with Gasteiger partial charge in [-0.2, -0.15) is 0 Å². The first-order chi connectivity index (χ1) is 30.8. The van der Waals surface area contributed by atoms with Crippen molar-refractivity contribution in [3.8, 4) is 66.8 Å². The van der Waals surface area contributed by atoms with E-state index in [0.717, 1.165) is 17.1 Å². The van der Waals surface area contributed by atoms with Gasteiger partial charge >= 0.3 is 0 Å². The molecular formula is C61H41N. The summed E-state index contributed by atoms with van der Waals surface area (Å²) in [4.78, 5) is 2.37. The lowest BCUT2D eigenvalue weighted by Crippen LogP contribution is -2.25. The van der Waals surface area contributed by atoms with Crippen molar-refractivity contribution in [2.45, 2.75) is 5.41 Å². The van der Waals surface area contributed by atoms with Gasteiger partial charge in [0, 0.05) is 17.1 Å². The molecule has 0 atom stereocenters. The smallest absolute Gasteiger partial charge is 0.0725 e. The van der Waals surface area contributed by atoms with E-state index in [2.05, 4.69) is 254 Å². The predicted octanol–water partition coefficient (Wildman–Crippen LogP) is 16.2. The summed E-state index contributed by atoms with van der Waals surface area (Å²) in [5, 5.41) is 0. The molecule has 0 unspecified atom stereocenters. The van der Waals surface area contributed by atoms with Gasteiger partial charge in [0.05, 0.1) is 5.41 Å². The van der Waals surface area contributed by atoms with Crippen LogP contribution in [0.25, 0.3) is 66.8 Å². The number of para-hydroxylation sites is 1. The molecule has 0 aliphatic heterocycles. The summed E-state index contributed by atoms with van der Waals surface area (Å²) in [6.45, 7) is 0. The number of fused-ring (bicyclic) bond motifs is 10. The van der Waals surface area contributed by atoms with Crippen molar-refractivity contribution in [1.29, 1.82) is 0 Å². The van der Waals surface area contributed by atoms with Crippen LogP contribution in [0.15, 0.2) is 249 Å². The van der Waals surface area contributed by atoms with E-state index in [-0.39, 0.29) is 0 Å². The molecule has 62 heavy (non-hydrogen) atoms. The van der Waals surface area contributed by atoms with Crippen molar-refractivity contribution in [3.05, 3.63) is 271 Å². The van der Waals surface area contributed by atoms with E-state index < -0.39 is 5.41 Å². The summed E-state index contributed by atoms with van der Waals surface area (Å²) >= 11 is 0. The summed E-state index contributed by atoms with van der Waals surface area (Å²) in [6, 6.07) is 91.4. The minimum atomic E-state index is -0.402. The maximum absolute atomic E-state index is 2.38. The average molecular weight is 788 g/mol. The molecule has 0 N–H and O–H groups in total. The zero-order valence-electron chi connectivity index (χ0n) is 34.1. The zero-order chi connectivity index (χ0) is 41.0. The molecule has 0 saturated carbocycles. The highest BCUT2D eigenvalue weighted by Crippen LogP contribution is 2.64. The minimum Gasteiger partial charge on any atom is -0.310 e. The van der Waals surface area contributed by atoms with Gasteiger partial charge in [0.2, 0.25) is 0 Å². The van der Waals surface area contributed by atoms with Gasteiger partial charge in [0.25, 0.3) is 0 Å². The molecule has 290 valence electrons. The van der Waals surface area contributed by atoms with Gasteiger partial charge < -0.3 is 4.90 Å². The second-order valence-corrected chi connectivity index (χ2v) is 16.3. The lowest BCUT2D eigenvalue weighted by Gasteiger charge is -2.30. The van der Waals surface area contributed by atoms with E-state index in [9.17, 15) is 0 Å². The van der Waals surface area contributed by atoms with Crippen molar-refractivity contribution in [2.24, 2.45) is 0 Å². The van der Waals surface area contributed by atoms with Crippen LogP contribution in [0.1, 0.15) is 22.3 Å². The Kier molecular flexibility index (Phi) is 8.47. The molecule has 0 saturated heterocycles. The Bertz CT molecular complexity index is 3230. The Morgan fingerprint density at radius 3 is 1.26 bits per heavy atom. The molecule has 0 heterocycles. The van der Waals surface area contributed by atoms with Crippen LogP contribution in [0.3, 0.4) is 0 Å². The largest absolute Gasteiger partial charge is 0.310 e. The Hall–Kier alpha value is -8.00. The van der Waals surface area contributed by atoms with Gasteiger partial charge in [0.1, 0.15) is 0 Å². The number of rotatable bonds is 7. The SMILES string of the molecule is c1ccc(-c2ccc(N(c3ccccc3)c3ccc(-c4ccccc4-c4cccc5c4-c4ccccc4C54c5ccccc5-c5ccccc54)c(-c4ccccc4)c3)cc2)cc1. The Labute approximate surface area is 363 Å². The van der Waals surface area contributed by atoms with E-state index in [4.69, 9.17) is 0 Å². The fourth-order valence-electron chi connectivity index (χ4n) is 10.5. The predicted molar refractivity (Wildman–Crippen MR) is 259 cm³/mol. The second-order valence-electron chi connectivity index (χ2n) is 16.3. The van der Waals surface area contributed by atoms with Gasteiger partial charge in [-0.15, -0.1) is 0 Å². The van der Waals surface area contributed by atoms with Crippen LogP contribution < -0.4 is 4.90 Å². The lowest BCUT2D eigenvalue weighted by molar-refractivity contribution is 0.794. The van der Waals surface area contributed by atoms with E-state index in [0.29, 0.717) is 0 Å². The van der Waals surface area contributed by atoms with E-state index in [1.54, 1.807) is 0 Å². The maximum Gasteiger partial charge on any atom is 0.0725 e. The Balaban J connectivity index is 1.05. The quantitative estimate of drug-likeness (QED) is 0.155. The third-order valence-electron chi connectivity index (χ3n) is 13.1.